The van der Waals surface area contributed by atoms with Gasteiger partial charge < -0.3 is 4.74 Å². The van der Waals surface area contributed by atoms with Crippen LogP contribution in [0.1, 0.15) is 20.8 Å². The molecule has 1 radical (unpaired) electrons. The zero-order valence-corrected chi connectivity index (χ0v) is 13.3. The Morgan fingerprint density at radius 2 is 2.19 bits per heavy atom. The number of nitrogens with one attached hydrogen (secondary N) is 1. The molecule has 109 valence electrons. The molecule has 0 saturated carbocycles. The monoisotopic (exact) mass is 302 g/mol. The van der Waals surface area contributed by atoms with Crippen molar-refractivity contribution in [2.24, 2.45) is 0 Å². The molecule has 0 aliphatic heterocycles. The Labute approximate surface area is 129 Å². The van der Waals surface area contributed by atoms with E-state index in [0.29, 0.717) is 5.00 Å². The summed E-state index contributed by atoms with van der Waals surface area (Å²) in [5.74, 6) is 0. The highest BCUT2D eigenvalue weighted by molar-refractivity contribution is 7.20. The summed E-state index contributed by atoms with van der Waals surface area (Å²) in [6, 6.07) is 3.79. The van der Waals surface area contributed by atoms with Crippen molar-refractivity contribution >= 4 is 35.3 Å². The van der Waals surface area contributed by atoms with Crippen LogP contribution in [0.15, 0.2) is 24.5 Å². The van der Waals surface area contributed by atoms with Gasteiger partial charge in [-0.15, -0.1) is 0 Å². The first-order valence-corrected chi connectivity index (χ1v) is 7.41. The van der Waals surface area contributed by atoms with E-state index in [2.05, 4.69) is 15.3 Å². The quantitative estimate of drug-likeness (QED) is 0.885. The van der Waals surface area contributed by atoms with Crippen LogP contribution in [0.5, 0.6) is 0 Å². The fourth-order valence-electron chi connectivity index (χ4n) is 1.63. The maximum Gasteiger partial charge on any atom is 0.412 e. The van der Waals surface area contributed by atoms with Crippen LogP contribution in [0.25, 0.3) is 10.6 Å². The van der Waals surface area contributed by atoms with E-state index < -0.39 is 11.7 Å². The van der Waals surface area contributed by atoms with Gasteiger partial charge in [0.05, 0.1) is 0 Å². The summed E-state index contributed by atoms with van der Waals surface area (Å²) in [6.07, 6.45) is 2.98. The van der Waals surface area contributed by atoms with Crippen LogP contribution in [0.2, 0.25) is 6.82 Å². The molecule has 0 saturated heterocycles. The van der Waals surface area contributed by atoms with Crippen LogP contribution in [-0.2, 0) is 4.74 Å². The largest absolute Gasteiger partial charge is 0.444 e. The van der Waals surface area contributed by atoms with E-state index in [1.54, 1.807) is 12.4 Å². The first kappa shape index (κ1) is 15.5. The third kappa shape index (κ3) is 4.29. The van der Waals surface area contributed by atoms with Crippen molar-refractivity contribution in [1.29, 1.82) is 0 Å². The summed E-state index contributed by atoms with van der Waals surface area (Å²) in [5.41, 5.74) is 1.12. The van der Waals surface area contributed by atoms with Crippen molar-refractivity contribution in [3.05, 3.63) is 24.5 Å². The minimum Gasteiger partial charge on any atom is -0.444 e. The Bertz CT molecular complexity index is 623. The van der Waals surface area contributed by atoms with Gasteiger partial charge in [0.15, 0.2) is 7.28 Å². The molecule has 2 heterocycles. The lowest BCUT2D eigenvalue weighted by molar-refractivity contribution is 0.0636. The van der Waals surface area contributed by atoms with Crippen LogP contribution in [-0.4, -0.2) is 28.9 Å². The van der Waals surface area contributed by atoms with E-state index in [0.717, 1.165) is 16.2 Å². The van der Waals surface area contributed by atoms with E-state index in [1.165, 1.54) is 11.3 Å². The highest BCUT2D eigenvalue weighted by atomic mass is 32.1. The lowest BCUT2D eigenvalue weighted by Crippen LogP contribution is -2.29. The van der Waals surface area contributed by atoms with Crippen LogP contribution in [0, 0.1) is 0 Å². The Morgan fingerprint density at radius 3 is 2.76 bits per heavy atom. The van der Waals surface area contributed by atoms with E-state index in [-0.39, 0.29) is 0 Å². The van der Waals surface area contributed by atoms with Crippen molar-refractivity contribution in [3.63, 3.8) is 0 Å². The average molecular weight is 302 g/mol. The van der Waals surface area contributed by atoms with Gasteiger partial charge in [-0.3, -0.25) is 10.3 Å². The maximum atomic E-state index is 11.9. The van der Waals surface area contributed by atoms with E-state index >= 15 is 0 Å². The molecule has 0 atom stereocenters. The number of anilines is 1. The summed E-state index contributed by atoms with van der Waals surface area (Å²) in [7, 11) is 1.85. The zero-order chi connectivity index (χ0) is 15.5. The van der Waals surface area contributed by atoms with Crippen molar-refractivity contribution in [2.45, 2.75) is 33.2 Å². The van der Waals surface area contributed by atoms with E-state index in [9.17, 15) is 4.79 Å². The molecule has 0 aliphatic rings. The predicted octanol–water partition coefficient (Wildman–Crippen LogP) is 2.93. The molecule has 0 fully saturated rings. The van der Waals surface area contributed by atoms with Crippen molar-refractivity contribution in [3.8, 4) is 10.6 Å². The minimum absolute atomic E-state index is 0.480. The van der Waals surface area contributed by atoms with Gasteiger partial charge in [-0.2, -0.15) is 0 Å². The predicted molar refractivity (Wildman–Crippen MR) is 86.5 cm³/mol. The van der Waals surface area contributed by atoms with Gasteiger partial charge in [0, 0.05) is 23.6 Å². The highest BCUT2D eigenvalue weighted by Crippen LogP contribution is 2.26. The van der Waals surface area contributed by atoms with Crippen LogP contribution in [0.3, 0.4) is 0 Å². The topological polar surface area (TPSA) is 64.1 Å². The van der Waals surface area contributed by atoms with E-state index in [4.69, 9.17) is 4.74 Å². The van der Waals surface area contributed by atoms with Crippen LogP contribution in [0.4, 0.5) is 9.80 Å². The number of hydrogen-bond donors (Lipinski definition) is 1. The van der Waals surface area contributed by atoms with Gasteiger partial charge >= 0.3 is 6.09 Å². The number of pyridine rings is 1. The summed E-state index contributed by atoms with van der Waals surface area (Å²) in [6.45, 7) is 7.36. The fraction of sp³-hybridized carbons (Fsp3) is 0.357. The average Bonchev–Trinajstić information content (AvgIpc) is 2.80. The summed E-state index contributed by atoms with van der Waals surface area (Å²) in [5, 5.41) is 4.23. The second kappa shape index (κ2) is 6.26. The maximum absolute atomic E-state index is 11.9. The molecular weight excluding hydrogens is 285 g/mol. The van der Waals surface area contributed by atoms with Crippen molar-refractivity contribution < 1.29 is 9.53 Å². The van der Waals surface area contributed by atoms with Gasteiger partial charge in [0.2, 0.25) is 0 Å². The Hall–Kier alpha value is -1.89. The third-order valence-electron chi connectivity index (χ3n) is 2.45. The normalized spacial score (nSPS) is 11.0. The molecule has 0 bridgehead atoms. The lowest BCUT2D eigenvalue weighted by atomic mass is 9.78. The number of hydrogen-bond acceptors (Lipinski definition) is 5. The SMILES string of the molecule is C[B]c1nc(-c2cccnc2)sc1NC(=O)OC(C)(C)C. The van der Waals surface area contributed by atoms with Gasteiger partial charge in [0.1, 0.15) is 15.6 Å². The fourth-order valence-corrected chi connectivity index (χ4v) is 2.60. The second-order valence-electron chi connectivity index (χ2n) is 5.39. The Kier molecular flexibility index (Phi) is 4.62. The Balaban J connectivity index is 2.20. The van der Waals surface area contributed by atoms with Gasteiger partial charge in [0.25, 0.3) is 0 Å². The van der Waals surface area contributed by atoms with Crippen molar-refractivity contribution in [1.82, 2.24) is 9.97 Å². The third-order valence-corrected chi connectivity index (χ3v) is 3.49. The molecule has 0 aromatic carbocycles. The first-order valence-electron chi connectivity index (χ1n) is 6.59. The molecule has 2 aromatic rings. The van der Waals surface area contributed by atoms with Gasteiger partial charge in [-0.05, 0) is 32.9 Å². The number of rotatable bonds is 3. The first-order chi connectivity index (χ1) is 9.89. The van der Waals surface area contributed by atoms with E-state index in [1.807, 2.05) is 47.0 Å². The van der Waals surface area contributed by atoms with Crippen molar-refractivity contribution in [2.75, 3.05) is 5.32 Å². The molecule has 7 heteroatoms. The molecule has 0 spiro atoms. The molecule has 0 aliphatic carbocycles. The number of amides is 1. The number of thiazole rings is 1. The summed E-state index contributed by atoms with van der Waals surface area (Å²) < 4.78 is 5.26. The number of carbonyl (C=O) groups is 1. The molecule has 2 aromatic heterocycles. The smallest absolute Gasteiger partial charge is 0.412 e. The highest BCUT2D eigenvalue weighted by Gasteiger charge is 2.19. The number of nitrogens with zero attached hydrogens (tertiary/aromatic N) is 2. The zero-order valence-electron chi connectivity index (χ0n) is 12.5. The number of carbonyl (C=O) groups excluding carboxylic acids is 1. The molecule has 5 nitrogen and oxygen atoms in total. The molecule has 1 N–H and O–H groups in total. The molecule has 1 amide bonds. The van der Waals surface area contributed by atoms with Crippen LogP contribution < -0.4 is 10.9 Å². The Morgan fingerprint density at radius 1 is 1.43 bits per heavy atom. The molecule has 0 unspecified atom stereocenters. The lowest BCUT2D eigenvalue weighted by Gasteiger charge is -2.19. The second-order valence-corrected chi connectivity index (χ2v) is 6.39. The minimum atomic E-state index is -0.531. The van der Waals surface area contributed by atoms with Gasteiger partial charge in [-0.1, -0.05) is 18.2 Å². The van der Waals surface area contributed by atoms with Gasteiger partial charge in [-0.25, -0.2) is 9.78 Å². The standard InChI is InChI=1S/C14H17BN3O2S/c1-14(2,3)20-13(19)18-12-10(15-4)17-11(21-12)9-6-5-7-16-8-9/h5-8H,1-4H3,(H,18,19). The van der Waals surface area contributed by atoms with Crippen LogP contribution >= 0.6 is 11.3 Å². The number of aromatic nitrogens is 2. The molecular formula is C14H17BN3O2S. The molecule has 2 rings (SSSR count). The summed E-state index contributed by atoms with van der Waals surface area (Å²) >= 11 is 1.40. The molecule has 21 heavy (non-hydrogen) atoms. The summed E-state index contributed by atoms with van der Waals surface area (Å²) in [4.78, 5) is 20.4. The number of ether oxygens (including phenoxy) is 1.